The van der Waals surface area contributed by atoms with Gasteiger partial charge < -0.3 is 15.0 Å². The molecule has 0 bridgehead atoms. The minimum Gasteiger partial charge on any atom is -0.492 e. The Kier molecular flexibility index (Phi) is 5.29. The molecule has 1 saturated heterocycles. The maximum Gasteiger partial charge on any atom is 0.137 e. The minimum atomic E-state index is 0.653. The van der Waals surface area contributed by atoms with Gasteiger partial charge >= 0.3 is 0 Å². The average Bonchev–Trinajstić information content (AvgIpc) is 2.41. The summed E-state index contributed by atoms with van der Waals surface area (Å²) < 4.78 is 5.44. The van der Waals surface area contributed by atoms with Crippen LogP contribution in [0.1, 0.15) is 12.5 Å². The normalized spacial score (nSPS) is 16.8. The fourth-order valence-corrected chi connectivity index (χ4v) is 2.45. The Morgan fingerprint density at radius 3 is 2.78 bits per heavy atom. The second-order valence-corrected chi connectivity index (χ2v) is 4.95. The number of piperazine rings is 1. The summed E-state index contributed by atoms with van der Waals surface area (Å²) in [6, 6.07) is 6.10. The monoisotopic (exact) mass is 268 g/mol. The molecule has 1 N–H and O–H groups in total. The van der Waals surface area contributed by atoms with Crippen LogP contribution in [0.3, 0.4) is 0 Å². The highest BCUT2D eigenvalue weighted by molar-refractivity contribution is 6.32. The van der Waals surface area contributed by atoms with Gasteiger partial charge in [0.25, 0.3) is 0 Å². The van der Waals surface area contributed by atoms with E-state index in [4.69, 9.17) is 16.3 Å². The van der Waals surface area contributed by atoms with Crippen LogP contribution in [-0.2, 0) is 6.42 Å². The van der Waals surface area contributed by atoms with Crippen LogP contribution < -0.4 is 10.1 Å². The molecule has 0 atom stereocenters. The predicted molar refractivity (Wildman–Crippen MR) is 75.6 cm³/mol. The van der Waals surface area contributed by atoms with Crippen LogP contribution in [0, 0.1) is 0 Å². The van der Waals surface area contributed by atoms with E-state index in [2.05, 4.69) is 16.3 Å². The van der Waals surface area contributed by atoms with Crippen molar-refractivity contribution in [2.75, 3.05) is 39.3 Å². The maximum absolute atomic E-state index is 6.18. The second-order valence-electron chi connectivity index (χ2n) is 4.54. The van der Waals surface area contributed by atoms with Crippen molar-refractivity contribution < 1.29 is 4.74 Å². The number of nitrogens with one attached hydrogen (secondary N) is 1. The van der Waals surface area contributed by atoms with Gasteiger partial charge in [0, 0.05) is 32.7 Å². The van der Waals surface area contributed by atoms with E-state index in [0.29, 0.717) is 6.61 Å². The van der Waals surface area contributed by atoms with Crippen LogP contribution in [0.15, 0.2) is 18.2 Å². The molecule has 0 radical (unpaired) electrons. The van der Waals surface area contributed by atoms with Crippen molar-refractivity contribution in [1.82, 2.24) is 10.2 Å². The maximum atomic E-state index is 6.18. The number of hydrogen-bond donors (Lipinski definition) is 1. The van der Waals surface area contributed by atoms with Crippen LogP contribution in [0.2, 0.25) is 5.02 Å². The van der Waals surface area contributed by atoms with Gasteiger partial charge in [-0.25, -0.2) is 0 Å². The van der Waals surface area contributed by atoms with Crippen LogP contribution in [-0.4, -0.2) is 44.2 Å². The van der Waals surface area contributed by atoms with E-state index in [1.165, 1.54) is 5.56 Å². The van der Waals surface area contributed by atoms with Crippen LogP contribution >= 0.6 is 11.6 Å². The van der Waals surface area contributed by atoms with Gasteiger partial charge in [-0.15, -0.1) is 0 Å². The third kappa shape index (κ3) is 3.87. The van der Waals surface area contributed by atoms with Gasteiger partial charge in [-0.3, -0.25) is 0 Å². The van der Waals surface area contributed by atoms with Crippen LogP contribution in [0.25, 0.3) is 0 Å². The fourth-order valence-electron chi connectivity index (χ4n) is 2.19. The molecular weight excluding hydrogens is 248 g/mol. The zero-order valence-electron chi connectivity index (χ0n) is 10.9. The summed E-state index contributed by atoms with van der Waals surface area (Å²) in [6.07, 6.45) is 1.05. The van der Waals surface area contributed by atoms with Gasteiger partial charge in [-0.05, 0) is 31.0 Å². The zero-order valence-corrected chi connectivity index (χ0v) is 11.7. The first-order valence-electron chi connectivity index (χ1n) is 6.64. The molecule has 3 nitrogen and oxygen atoms in total. The lowest BCUT2D eigenvalue weighted by molar-refractivity contribution is 0.244. The van der Waals surface area contributed by atoms with Gasteiger partial charge in [0.15, 0.2) is 0 Å². The Balaban J connectivity index is 1.87. The van der Waals surface area contributed by atoms with Crippen molar-refractivity contribution in [2.45, 2.75) is 13.3 Å². The predicted octanol–water partition coefficient (Wildman–Crippen LogP) is 2.19. The van der Waals surface area contributed by atoms with Crippen molar-refractivity contribution in [3.05, 3.63) is 28.8 Å². The third-order valence-corrected chi connectivity index (χ3v) is 3.52. The first-order chi connectivity index (χ1) is 8.79. The lowest BCUT2D eigenvalue weighted by atomic mass is 10.1. The molecule has 100 valence electrons. The van der Waals surface area contributed by atoms with Crippen LogP contribution in [0.5, 0.6) is 5.75 Å². The molecule has 0 unspecified atom stereocenters. The largest absolute Gasteiger partial charge is 0.492 e. The molecule has 2 rings (SSSR count). The summed E-state index contributed by atoms with van der Waals surface area (Å²) in [4.78, 5) is 2.49. The Hall–Kier alpha value is -0.770. The SMILES string of the molecule is CCOc1ccc(CCN2CCNCC2)cc1Cl. The van der Waals surface area contributed by atoms with Gasteiger partial charge in [0.2, 0.25) is 0 Å². The highest BCUT2D eigenvalue weighted by Crippen LogP contribution is 2.25. The number of hydrogen-bond acceptors (Lipinski definition) is 3. The smallest absolute Gasteiger partial charge is 0.137 e. The summed E-state index contributed by atoms with van der Waals surface area (Å²) in [6.45, 7) is 8.21. The summed E-state index contributed by atoms with van der Waals surface area (Å²) in [5.74, 6) is 0.782. The van der Waals surface area contributed by atoms with E-state index < -0.39 is 0 Å². The van der Waals surface area contributed by atoms with Crippen molar-refractivity contribution in [2.24, 2.45) is 0 Å². The number of ether oxygens (including phenoxy) is 1. The highest BCUT2D eigenvalue weighted by Gasteiger charge is 2.09. The molecule has 0 amide bonds. The molecular formula is C14H21ClN2O. The first kappa shape index (κ1) is 13.7. The van der Waals surface area contributed by atoms with Gasteiger partial charge in [-0.2, -0.15) is 0 Å². The second kappa shape index (κ2) is 6.98. The zero-order chi connectivity index (χ0) is 12.8. The van der Waals surface area contributed by atoms with Gasteiger partial charge in [0.1, 0.15) is 5.75 Å². The molecule has 4 heteroatoms. The Labute approximate surface area is 114 Å². The molecule has 1 aliphatic heterocycles. The first-order valence-corrected chi connectivity index (χ1v) is 7.01. The lowest BCUT2D eigenvalue weighted by Gasteiger charge is -2.27. The standard InChI is InChI=1S/C14H21ClN2O/c1-2-18-14-4-3-12(11-13(14)15)5-8-17-9-6-16-7-10-17/h3-4,11,16H,2,5-10H2,1H3. The molecule has 0 spiro atoms. The lowest BCUT2D eigenvalue weighted by Crippen LogP contribution is -2.44. The molecule has 1 aromatic carbocycles. The number of nitrogens with zero attached hydrogens (tertiary/aromatic N) is 1. The van der Waals surface area contributed by atoms with Crippen molar-refractivity contribution in [3.63, 3.8) is 0 Å². The summed E-state index contributed by atoms with van der Waals surface area (Å²) in [7, 11) is 0. The quantitative estimate of drug-likeness (QED) is 0.886. The number of halogens is 1. The molecule has 1 aliphatic rings. The Morgan fingerprint density at radius 1 is 1.33 bits per heavy atom. The van der Waals surface area contributed by atoms with Crippen molar-refractivity contribution >= 4 is 11.6 Å². The molecule has 1 aromatic rings. The molecule has 0 saturated carbocycles. The molecule has 0 aliphatic carbocycles. The van der Waals surface area contributed by atoms with E-state index in [9.17, 15) is 0 Å². The Bertz CT molecular complexity index is 378. The molecule has 1 heterocycles. The van der Waals surface area contributed by atoms with Crippen LogP contribution in [0.4, 0.5) is 0 Å². The summed E-state index contributed by atoms with van der Waals surface area (Å²) >= 11 is 6.18. The van der Waals surface area contributed by atoms with E-state index >= 15 is 0 Å². The van der Waals surface area contributed by atoms with E-state index in [1.54, 1.807) is 0 Å². The fraction of sp³-hybridized carbons (Fsp3) is 0.571. The summed E-state index contributed by atoms with van der Waals surface area (Å²) in [5.41, 5.74) is 1.28. The molecule has 18 heavy (non-hydrogen) atoms. The number of benzene rings is 1. The molecule has 0 aromatic heterocycles. The average molecular weight is 269 g/mol. The van der Waals surface area contributed by atoms with Gasteiger partial charge in [0.05, 0.1) is 11.6 Å². The highest BCUT2D eigenvalue weighted by atomic mass is 35.5. The van der Waals surface area contributed by atoms with Crippen molar-refractivity contribution in [1.29, 1.82) is 0 Å². The number of rotatable bonds is 5. The Morgan fingerprint density at radius 2 is 2.11 bits per heavy atom. The van der Waals surface area contributed by atoms with E-state index in [0.717, 1.165) is 49.9 Å². The topological polar surface area (TPSA) is 24.5 Å². The van der Waals surface area contributed by atoms with Crippen molar-refractivity contribution in [3.8, 4) is 5.75 Å². The summed E-state index contributed by atoms with van der Waals surface area (Å²) in [5, 5.41) is 4.08. The third-order valence-electron chi connectivity index (χ3n) is 3.22. The minimum absolute atomic E-state index is 0.653. The van der Waals surface area contributed by atoms with Gasteiger partial charge in [-0.1, -0.05) is 17.7 Å². The molecule has 1 fully saturated rings. The van der Waals surface area contributed by atoms with E-state index in [1.807, 2.05) is 19.1 Å². The van der Waals surface area contributed by atoms with E-state index in [-0.39, 0.29) is 0 Å².